The van der Waals surface area contributed by atoms with E-state index < -0.39 is 0 Å². The number of ether oxygens (including phenoxy) is 2. The SMILES string of the molecule is CC1(C)CC(=O)CC(C)(C)N1c1nc(N2CCOCC2)nc(N2CCOCC2)n1. The van der Waals surface area contributed by atoms with Crippen LogP contribution < -0.4 is 14.7 Å². The molecule has 4 rings (SSSR count). The summed E-state index contributed by atoms with van der Waals surface area (Å²) in [4.78, 5) is 33.5. The number of rotatable bonds is 3. The molecule has 0 unspecified atom stereocenters. The zero-order valence-electron chi connectivity index (χ0n) is 18.0. The van der Waals surface area contributed by atoms with Gasteiger partial charge in [0.1, 0.15) is 5.78 Å². The summed E-state index contributed by atoms with van der Waals surface area (Å²) in [6.07, 6.45) is 0.976. The van der Waals surface area contributed by atoms with E-state index in [-0.39, 0.29) is 16.9 Å². The molecule has 3 aliphatic heterocycles. The second kappa shape index (κ2) is 7.68. The van der Waals surface area contributed by atoms with Gasteiger partial charge in [0.2, 0.25) is 17.8 Å². The van der Waals surface area contributed by atoms with E-state index in [4.69, 9.17) is 24.4 Å². The number of hydrogen-bond acceptors (Lipinski definition) is 9. The molecule has 9 nitrogen and oxygen atoms in total. The normalized spacial score (nSPS) is 24.7. The van der Waals surface area contributed by atoms with Gasteiger partial charge in [-0.2, -0.15) is 15.0 Å². The molecule has 9 heteroatoms. The third kappa shape index (κ3) is 4.16. The fourth-order valence-corrected chi connectivity index (χ4v) is 4.80. The fraction of sp³-hybridized carbons (Fsp3) is 0.800. The predicted molar refractivity (Wildman–Crippen MR) is 111 cm³/mol. The van der Waals surface area contributed by atoms with E-state index in [1.54, 1.807) is 0 Å². The Balaban J connectivity index is 1.77. The molecule has 160 valence electrons. The molecule has 29 heavy (non-hydrogen) atoms. The molecule has 3 fully saturated rings. The van der Waals surface area contributed by atoms with Gasteiger partial charge in [-0.3, -0.25) is 4.79 Å². The molecule has 1 aromatic heterocycles. The van der Waals surface area contributed by atoms with Crippen LogP contribution in [-0.4, -0.2) is 84.4 Å². The van der Waals surface area contributed by atoms with E-state index >= 15 is 0 Å². The van der Waals surface area contributed by atoms with Crippen molar-refractivity contribution in [3.63, 3.8) is 0 Å². The van der Waals surface area contributed by atoms with Crippen molar-refractivity contribution in [2.24, 2.45) is 0 Å². The second-order valence-electron chi connectivity index (χ2n) is 9.29. The van der Waals surface area contributed by atoms with Gasteiger partial charge in [0.25, 0.3) is 0 Å². The van der Waals surface area contributed by atoms with Crippen LogP contribution in [0.2, 0.25) is 0 Å². The van der Waals surface area contributed by atoms with Crippen molar-refractivity contribution in [2.45, 2.75) is 51.6 Å². The first-order valence-corrected chi connectivity index (χ1v) is 10.5. The van der Waals surface area contributed by atoms with Gasteiger partial charge in [0.05, 0.1) is 26.4 Å². The molecule has 0 radical (unpaired) electrons. The van der Waals surface area contributed by atoms with Crippen LogP contribution in [0.5, 0.6) is 0 Å². The lowest BCUT2D eigenvalue weighted by molar-refractivity contribution is -0.123. The maximum Gasteiger partial charge on any atom is 0.232 e. The summed E-state index contributed by atoms with van der Waals surface area (Å²) < 4.78 is 11.0. The highest BCUT2D eigenvalue weighted by Gasteiger charge is 2.46. The average molecular weight is 405 g/mol. The van der Waals surface area contributed by atoms with Gasteiger partial charge in [-0.1, -0.05) is 0 Å². The molecule has 4 heterocycles. The van der Waals surface area contributed by atoms with Gasteiger partial charge in [0, 0.05) is 50.1 Å². The van der Waals surface area contributed by atoms with E-state index in [1.165, 1.54) is 0 Å². The maximum absolute atomic E-state index is 12.4. The molecule has 0 bridgehead atoms. The molecule has 0 atom stereocenters. The maximum atomic E-state index is 12.4. The molecule has 3 saturated heterocycles. The lowest BCUT2D eigenvalue weighted by Crippen LogP contribution is -2.62. The minimum absolute atomic E-state index is 0.284. The summed E-state index contributed by atoms with van der Waals surface area (Å²) in [6.45, 7) is 14.1. The minimum atomic E-state index is -0.370. The van der Waals surface area contributed by atoms with Crippen LogP contribution in [0.4, 0.5) is 17.8 Å². The topological polar surface area (TPSA) is 83.9 Å². The summed E-state index contributed by atoms with van der Waals surface area (Å²) in [7, 11) is 0. The lowest BCUT2D eigenvalue weighted by Gasteiger charge is -2.52. The van der Waals surface area contributed by atoms with Crippen molar-refractivity contribution in [1.29, 1.82) is 0 Å². The summed E-state index contributed by atoms with van der Waals surface area (Å²) in [6, 6.07) is 0. The molecule has 0 spiro atoms. The molecule has 0 saturated carbocycles. The second-order valence-corrected chi connectivity index (χ2v) is 9.29. The Hall–Kier alpha value is -2.00. The Bertz CT molecular complexity index is 700. The van der Waals surface area contributed by atoms with Crippen molar-refractivity contribution < 1.29 is 14.3 Å². The summed E-state index contributed by atoms with van der Waals surface area (Å²) >= 11 is 0. The third-order valence-electron chi connectivity index (χ3n) is 5.86. The smallest absolute Gasteiger partial charge is 0.232 e. The molecule has 0 N–H and O–H groups in total. The summed E-state index contributed by atoms with van der Waals surface area (Å²) in [5, 5.41) is 0. The van der Waals surface area contributed by atoms with Crippen LogP contribution in [-0.2, 0) is 14.3 Å². The van der Waals surface area contributed by atoms with Crippen molar-refractivity contribution in [2.75, 3.05) is 67.3 Å². The average Bonchev–Trinajstić information content (AvgIpc) is 2.67. The third-order valence-corrected chi connectivity index (χ3v) is 5.86. The van der Waals surface area contributed by atoms with Gasteiger partial charge in [-0.05, 0) is 27.7 Å². The Labute approximate surface area is 172 Å². The Morgan fingerprint density at radius 1 is 0.690 bits per heavy atom. The quantitative estimate of drug-likeness (QED) is 0.739. The van der Waals surface area contributed by atoms with Crippen LogP contribution in [0.1, 0.15) is 40.5 Å². The number of anilines is 3. The first kappa shape index (κ1) is 20.3. The molecule has 0 amide bonds. The number of piperidine rings is 1. The number of aromatic nitrogens is 3. The highest BCUT2D eigenvalue weighted by Crippen LogP contribution is 2.39. The van der Waals surface area contributed by atoms with Crippen LogP contribution >= 0.6 is 0 Å². The van der Waals surface area contributed by atoms with Crippen molar-refractivity contribution in [3.05, 3.63) is 0 Å². The van der Waals surface area contributed by atoms with E-state index in [2.05, 4.69) is 42.4 Å². The van der Waals surface area contributed by atoms with Crippen LogP contribution in [0.15, 0.2) is 0 Å². The van der Waals surface area contributed by atoms with E-state index in [9.17, 15) is 4.79 Å². The zero-order valence-corrected chi connectivity index (χ0v) is 18.0. The number of ketones is 1. The highest BCUT2D eigenvalue weighted by molar-refractivity contribution is 5.84. The van der Waals surface area contributed by atoms with E-state index in [0.717, 1.165) is 26.2 Å². The summed E-state index contributed by atoms with van der Waals surface area (Å²) in [5.41, 5.74) is -0.741. The molecular weight excluding hydrogens is 372 g/mol. The lowest BCUT2D eigenvalue weighted by atomic mass is 9.79. The number of morpholine rings is 2. The molecular formula is C20H32N6O3. The minimum Gasteiger partial charge on any atom is -0.378 e. The molecule has 3 aliphatic rings. The van der Waals surface area contributed by atoms with Crippen molar-refractivity contribution in [3.8, 4) is 0 Å². The molecule has 0 aliphatic carbocycles. The van der Waals surface area contributed by atoms with E-state index in [1.807, 2.05) is 0 Å². The number of carbonyl (C=O) groups excluding carboxylic acids is 1. The van der Waals surface area contributed by atoms with Crippen molar-refractivity contribution >= 4 is 23.6 Å². The van der Waals surface area contributed by atoms with Gasteiger partial charge in [0.15, 0.2) is 0 Å². The first-order chi connectivity index (χ1) is 13.8. The highest BCUT2D eigenvalue weighted by atomic mass is 16.5. The van der Waals surface area contributed by atoms with Gasteiger partial charge in [-0.25, -0.2) is 0 Å². The Kier molecular flexibility index (Phi) is 5.37. The van der Waals surface area contributed by atoms with Gasteiger partial charge < -0.3 is 24.2 Å². The van der Waals surface area contributed by atoms with Crippen molar-refractivity contribution in [1.82, 2.24) is 15.0 Å². The number of Topliss-reactive ketones (excluding diaryl/α,β-unsaturated/α-hetero) is 1. The molecule has 1 aromatic rings. The zero-order chi connectivity index (χ0) is 20.6. The number of carbonyl (C=O) groups is 1. The van der Waals surface area contributed by atoms with Gasteiger partial charge in [-0.15, -0.1) is 0 Å². The molecule has 0 aromatic carbocycles. The van der Waals surface area contributed by atoms with E-state index in [0.29, 0.717) is 57.1 Å². The largest absolute Gasteiger partial charge is 0.378 e. The standard InChI is InChI=1S/C20H32N6O3/c1-19(2)13-15(27)14-20(3,4)26(19)18-22-16(24-5-9-28-10-6-24)21-17(23-18)25-7-11-29-12-8-25/h5-14H2,1-4H3. The van der Waals surface area contributed by atoms with Crippen LogP contribution in [0, 0.1) is 0 Å². The van der Waals surface area contributed by atoms with Crippen LogP contribution in [0.3, 0.4) is 0 Å². The Morgan fingerprint density at radius 2 is 1.07 bits per heavy atom. The van der Waals surface area contributed by atoms with Crippen LogP contribution in [0.25, 0.3) is 0 Å². The Morgan fingerprint density at radius 3 is 1.48 bits per heavy atom. The fourth-order valence-electron chi connectivity index (χ4n) is 4.80. The predicted octanol–water partition coefficient (Wildman–Crippen LogP) is 1.27. The first-order valence-electron chi connectivity index (χ1n) is 10.5. The van der Waals surface area contributed by atoms with Gasteiger partial charge >= 0.3 is 0 Å². The number of hydrogen-bond donors (Lipinski definition) is 0. The monoisotopic (exact) mass is 404 g/mol. The summed E-state index contributed by atoms with van der Waals surface area (Å²) in [5.74, 6) is 2.30. The number of nitrogens with zero attached hydrogens (tertiary/aromatic N) is 6.